The number of esters is 1. The van der Waals surface area contributed by atoms with Crippen molar-refractivity contribution in [3.63, 3.8) is 0 Å². The first-order valence-electron chi connectivity index (χ1n) is 10.8. The lowest BCUT2D eigenvalue weighted by atomic mass is 9.55. The van der Waals surface area contributed by atoms with E-state index in [4.69, 9.17) is 4.74 Å². The van der Waals surface area contributed by atoms with Gasteiger partial charge in [-0.3, -0.25) is 4.79 Å². The van der Waals surface area contributed by atoms with Crippen molar-refractivity contribution in [2.24, 2.45) is 23.2 Å². The summed E-state index contributed by atoms with van der Waals surface area (Å²) < 4.78 is 5.96. The summed E-state index contributed by atoms with van der Waals surface area (Å²) in [6.45, 7) is 9.93. The average molecular weight is 367 g/mol. The standard InChI is InChI=1S/C24H31NO2/c1-16-6-5-10-24(2)13-22-19(12-21(16)24)20(23(26)27-22)15-25-11-9-17-7-3-4-8-18(17)14-25/h3-4,7-8,19-22H,1,5-6,9-15H2,2H3/p+1/t19-,20+,21+,22-,24-/m1/s1. The Morgan fingerprint density at radius 1 is 1.26 bits per heavy atom. The van der Waals surface area contributed by atoms with Gasteiger partial charge in [-0.15, -0.1) is 0 Å². The molecule has 5 rings (SSSR count). The van der Waals surface area contributed by atoms with Crippen molar-refractivity contribution in [2.45, 2.75) is 58.1 Å². The number of allylic oxidation sites excluding steroid dienone is 1. The number of hydrogen-bond donors (Lipinski definition) is 1. The van der Waals surface area contributed by atoms with Crippen molar-refractivity contribution in [3.8, 4) is 0 Å². The van der Waals surface area contributed by atoms with Crippen LogP contribution in [-0.2, 0) is 22.5 Å². The molecule has 3 fully saturated rings. The van der Waals surface area contributed by atoms with E-state index >= 15 is 0 Å². The van der Waals surface area contributed by atoms with E-state index in [1.165, 1.54) is 36.0 Å². The van der Waals surface area contributed by atoms with Gasteiger partial charge < -0.3 is 9.64 Å². The summed E-state index contributed by atoms with van der Waals surface area (Å²) in [4.78, 5) is 14.3. The van der Waals surface area contributed by atoms with Gasteiger partial charge in [-0.25, -0.2) is 0 Å². The summed E-state index contributed by atoms with van der Waals surface area (Å²) in [6, 6.07) is 8.78. The molecule has 0 spiro atoms. The van der Waals surface area contributed by atoms with Crippen LogP contribution in [0.5, 0.6) is 0 Å². The molecule has 2 aliphatic heterocycles. The third kappa shape index (κ3) is 2.95. The van der Waals surface area contributed by atoms with Gasteiger partial charge in [0.2, 0.25) is 0 Å². The molecule has 1 unspecified atom stereocenters. The number of quaternary nitrogens is 1. The second-order valence-corrected chi connectivity index (χ2v) is 9.80. The number of fused-ring (bicyclic) bond motifs is 3. The topological polar surface area (TPSA) is 30.7 Å². The van der Waals surface area contributed by atoms with Crippen LogP contribution >= 0.6 is 0 Å². The molecule has 0 bridgehead atoms. The Morgan fingerprint density at radius 2 is 2.07 bits per heavy atom. The van der Waals surface area contributed by atoms with Gasteiger partial charge in [0.05, 0.1) is 13.1 Å². The van der Waals surface area contributed by atoms with E-state index in [0.29, 0.717) is 17.3 Å². The Labute approximate surface area is 162 Å². The van der Waals surface area contributed by atoms with Crippen LogP contribution in [0.4, 0.5) is 0 Å². The van der Waals surface area contributed by atoms with E-state index in [9.17, 15) is 4.79 Å². The van der Waals surface area contributed by atoms with E-state index < -0.39 is 0 Å². The Hall–Kier alpha value is -1.61. The molecular weight excluding hydrogens is 334 g/mol. The molecule has 3 heteroatoms. The highest BCUT2D eigenvalue weighted by molar-refractivity contribution is 5.75. The van der Waals surface area contributed by atoms with E-state index in [1.54, 1.807) is 4.90 Å². The van der Waals surface area contributed by atoms with Crippen LogP contribution in [0.15, 0.2) is 36.4 Å². The number of carbonyl (C=O) groups excluding carboxylic acids is 1. The van der Waals surface area contributed by atoms with Crippen molar-refractivity contribution >= 4 is 5.97 Å². The largest absolute Gasteiger partial charge is 0.462 e. The van der Waals surface area contributed by atoms with Crippen LogP contribution in [-0.4, -0.2) is 25.2 Å². The van der Waals surface area contributed by atoms with Crippen molar-refractivity contribution < 1.29 is 14.4 Å². The van der Waals surface area contributed by atoms with Gasteiger partial charge in [0.1, 0.15) is 18.6 Å². The third-order valence-electron chi connectivity index (χ3n) is 8.14. The fourth-order valence-corrected chi connectivity index (χ4v) is 6.62. The molecule has 2 heterocycles. The molecule has 3 nitrogen and oxygen atoms in total. The van der Waals surface area contributed by atoms with Crippen molar-refractivity contribution in [3.05, 3.63) is 47.5 Å². The first-order chi connectivity index (χ1) is 13.0. The summed E-state index contributed by atoms with van der Waals surface area (Å²) in [7, 11) is 0. The quantitative estimate of drug-likeness (QED) is 0.644. The molecule has 6 atom stereocenters. The van der Waals surface area contributed by atoms with Gasteiger partial charge in [-0.2, -0.15) is 0 Å². The second-order valence-electron chi connectivity index (χ2n) is 9.80. The van der Waals surface area contributed by atoms with Gasteiger partial charge in [0.25, 0.3) is 0 Å². The highest BCUT2D eigenvalue weighted by Gasteiger charge is 2.56. The zero-order valence-electron chi connectivity index (χ0n) is 16.5. The predicted octanol–water partition coefficient (Wildman–Crippen LogP) is 2.94. The molecule has 0 amide bonds. The van der Waals surface area contributed by atoms with Crippen LogP contribution < -0.4 is 4.90 Å². The highest BCUT2D eigenvalue weighted by atomic mass is 16.6. The molecule has 1 N–H and O–H groups in total. The van der Waals surface area contributed by atoms with Crippen molar-refractivity contribution in [1.29, 1.82) is 0 Å². The molecule has 2 aliphatic carbocycles. The zero-order chi connectivity index (χ0) is 18.6. The van der Waals surface area contributed by atoms with Crippen LogP contribution in [0.1, 0.15) is 50.2 Å². The molecule has 0 aromatic heterocycles. The van der Waals surface area contributed by atoms with E-state index in [2.05, 4.69) is 37.8 Å². The van der Waals surface area contributed by atoms with Crippen molar-refractivity contribution in [2.75, 3.05) is 13.1 Å². The molecule has 144 valence electrons. The summed E-state index contributed by atoms with van der Waals surface area (Å²) in [5.74, 6) is 1.13. The minimum atomic E-state index is 0.0733. The molecule has 1 saturated heterocycles. The fraction of sp³-hybridized carbons (Fsp3) is 0.625. The monoisotopic (exact) mass is 366 g/mol. The SMILES string of the molecule is C=C1CCC[C@]2(C)C[C@H]3OC(=O)[C@@H](C[NH+]4CCc5ccccc5C4)[C@H]3C[C@@H]12. The maximum atomic E-state index is 12.8. The number of benzene rings is 1. The summed E-state index contributed by atoms with van der Waals surface area (Å²) in [5.41, 5.74) is 4.67. The minimum absolute atomic E-state index is 0.0733. The fourth-order valence-electron chi connectivity index (χ4n) is 6.62. The maximum Gasteiger partial charge on any atom is 0.315 e. The lowest BCUT2D eigenvalue weighted by Crippen LogP contribution is -3.12. The maximum absolute atomic E-state index is 12.8. The number of rotatable bonds is 2. The van der Waals surface area contributed by atoms with Gasteiger partial charge in [-0.1, -0.05) is 43.3 Å². The molecule has 1 aromatic rings. The predicted molar refractivity (Wildman–Crippen MR) is 105 cm³/mol. The molecule has 4 aliphatic rings. The Balaban J connectivity index is 1.32. The van der Waals surface area contributed by atoms with Crippen LogP contribution in [0, 0.1) is 23.2 Å². The lowest BCUT2D eigenvalue weighted by molar-refractivity contribution is -0.918. The van der Waals surface area contributed by atoms with Crippen LogP contribution in [0.2, 0.25) is 0 Å². The Kier molecular flexibility index (Phi) is 4.19. The van der Waals surface area contributed by atoms with Gasteiger partial charge in [0.15, 0.2) is 0 Å². The normalized spacial score (nSPS) is 40.7. The molecule has 2 saturated carbocycles. The lowest BCUT2D eigenvalue weighted by Gasteiger charge is -2.50. The summed E-state index contributed by atoms with van der Waals surface area (Å²) >= 11 is 0. The van der Waals surface area contributed by atoms with Gasteiger partial charge in [0, 0.05) is 17.9 Å². The van der Waals surface area contributed by atoms with Gasteiger partial charge >= 0.3 is 5.97 Å². The number of carbonyl (C=O) groups is 1. The summed E-state index contributed by atoms with van der Waals surface area (Å²) in [6.07, 6.45) is 7.10. The number of ether oxygens (including phenoxy) is 1. The Bertz CT molecular complexity index is 771. The van der Waals surface area contributed by atoms with E-state index in [-0.39, 0.29) is 18.0 Å². The second kappa shape index (κ2) is 6.48. The number of hydrogen-bond acceptors (Lipinski definition) is 2. The van der Waals surface area contributed by atoms with E-state index in [0.717, 1.165) is 38.9 Å². The zero-order valence-corrected chi connectivity index (χ0v) is 16.5. The van der Waals surface area contributed by atoms with Crippen LogP contribution in [0.3, 0.4) is 0 Å². The first kappa shape index (κ1) is 17.5. The highest BCUT2D eigenvalue weighted by Crippen LogP contribution is 2.56. The summed E-state index contributed by atoms with van der Waals surface area (Å²) in [5, 5.41) is 0. The van der Waals surface area contributed by atoms with E-state index in [1.807, 2.05) is 0 Å². The van der Waals surface area contributed by atoms with Crippen LogP contribution in [0.25, 0.3) is 0 Å². The smallest absolute Gasteiger partial charge is 0.315 e. The third-order valence-corrected chi connectivity index (χ3v) is 8.14. The molecular formula is C24H32NO2+. The average Bonchev–Trinajstić information content (AvgIpc) is 2.94. The first-order valence-corrected chi connectivity index (χ1v) is 10.8. The van der Waals surface area contributed by atoms with Crippen molar-refractivity contribution in [1.82, 2.24) is 0 Å². The van der Waals surface area contributed by atoms with Gasteiger partial charge in [-0.05, 0) is 49.0 Å². The molecule has 1 aromatic carbocycles. The minimum Gasteiger partial charge on any atom is -0.462 e. The number of nitrogens with one attached hydrogen (secondary N) is 1. The molecule has 27 heavy (non-hydrogen) atoms. The molecule has 0 radical (unpaired) electrons. The Morgan fingerprint density at radius 3 is 2.93 bits per heavy atom.